The van der Waals surface area contributed by atoms with Crippen molar-refractivity contribution in [1.29, 1.82) is 0 Å². The number of ether oxygens (including phenoxy) is 1. The third-order valence-corrected chi connectivity index (χ3v) is 2.22. The molecule has 80 valence electrons. The SMILES string of the molecule is CC(C)/C=C/c1c(O)c2c(O)c(c1O)O2. The number of benzene rings is 1. The van der Waals surface area contributed by atoms with Gasteiger partial charge in [0, 0.05) is 0 Å². The second kappa shape index (κ2) is 3.08. The number of hydrogen-bond donors (Lipinski definition) is 3. The van der Waals surface area contributed by atoms with Crippen LogP contribution in [0.25, 0.3) is 6.08 Å². The van der Waals surface area contributed by atoms with Gasteiger partial charge < -0.3 is 20.1 Å². The molecule has 3 rings (SSSR count). The summed E-state index contributed by atoms with van der Waals surface area (Å²) in [6.45, 7) is 3.96. The van der Waals surface area contributed by atoms with E-state index in [1.807, 2.05) is 19.9 Å². The van der Waals surface area contributed by atoms with Gasteiger partial charge in [0.05, 0.1) is 5.56 Å². The highest BCUT2D eigenvalue weighted by molar-refractivity contribution is 5.82. The predicted molar refractivity (Wildman–Crippen MR) is 55.4 cm³/mol. The lowest BCUT2D eigenvalue weighted by Gasteiger charge is -2.23. The molecule has 0 saturated carbocycles. The molecule has 0 aliphatic carbocycles. The molecule has 0 spiro atoms. The van der Waals surface area contributed by atoms with E-state index in [1.165, 1.54) is 0 Å². The van der Waals surface area contributed by atoms with E-state index in [2.05, 4.69) is 0 Å². The molecule has 2 heterocycles. The summed E-state index contributed by atoms with van der Waals surface area (Å²) in [4.78, 5) is 0. The van der Waals surface area contributed by atoms with Gasteiger partial charge in [-0.15, -0.1) is 0 Å². The van der Waals surface area contributed by atoms with E-state index in [1.54, 1.807) is 6.08 Å². The maximum atomic E-state index is 9.62. The Morgan fingerprint density at radius 3 is 1.93 bits per heavy atom. The van der Waals surface area contributed by atoms with Crippen LogP contribution >= 0.6 is 0 Å². The minimum Gasteiger partial charge on any atom is -0.504 e. The lowest BCUT2D eigenvalue weighted by molar-refractivity contribution is 0.290. The first-order chi connectivity index (χ1) is 7.02. The molecule has 1 aromatic carbocycles. The number of allylic oxidation sites excluding steroid dienone is 1. The number of phenols is 3. The van der Waals surface area contributed by atoms with Crippen molar-refractivity contribution < 1.29 is 20.1 Å². The second-order valence-corrected chi connectivity index (χ2v) is 3.82. The lowest BCUT2D eigenvalue weighted by Crippen LogP contribution is -2.00. The van der Waals surface area contributed by atoms with Crippen molar-refractivity contribution in [2.24, 2.45) is 5.92 Å². The van der Waals surface area contributed by atoms with Crippen molar-refractivity contribution >= 4 is 6.08 Å². The van der Waals surface area contributed by atoms with Crippen molar-refractivity contribution in [3.8, 4) is 28.7 Å². The average Bonchev–Trinajstić information content (AvgIpc) is 2.14. The summed E-state index contributed by atoms with van der Waals surface area (Å²) in [5, 5.41) is 28.5. The summed E-state index contributed by atoms with van der Waals surface area (Å²) in [5.41, 5.74) is 0.290. The van der Waals surface area contributed by atoms with Crippen LogP contribution in [0, 0.1) is 5.92 Å². The van der Waals surface area contributed by atoms with Gasteiger partial charge >= 0.3 is 0 Å². The average molecular weight is 208 g/mol. The van der Waals surface area contributed by atoms with Crippen molar-refractivity contribution in [2.75, 3.05) is 0 Å². The smallest absolute Gasteiger partial charge is 0.215 e. The summed E-state index contributed by atoms with van der Waals surface area (Å²) >= 11 is 0. The summed E-state index contributed by atoms with van der Waals surface area (Å²) in [7, 11) is 0. The highest BCUT2D eigenvalue weighted by Crippen LogP contribution is 2.62. The van der Waals surface area contributed by atoms with Gasteiger partial charge in [-0.05, 0) is 5.92 Å². The monoisotopic (exact) mass is 208 g/mol. The fraction of sp³-hybridized carbons (Fsp3) is 0.273. The zero-order valence-electron chi connectivity index (χ0n) is 8.48. The van der Waals surface area contributed by atoms with Crippen LogP contribution in [-0.4, -0.2) is 15.3 Å². The molecule has 0 radical (unpaired) electrons. The highest BCUT2D eigenvalue weighted by Gasteiger charge is 2.33. The van der Waals surface area contributed by atoms with Crippen LogP contribution in [0.4, 0.5) is 0 Å². The van der Waals surface area contributed by atoms with E-state index >= 15 is 0 Å². The van der Waals surface area contributed by atoms with Gasteiger partial charge in [-0.1, -0.05) is 26.0 Å². The minimum atomic E-state index is -0.225. The van der Waals surface area contributed by atoms with E-state index in [0.29, 0.717) is 5.92 Å². The van der Waals surface area contributed by atoms with E-state index in [4.69, 9.17) is 4.74 Å². The maximum Gasteiger partial charge on any atom is 0.215 e. The molecule has 4 nitrogen and oxygen atoms in total. The van der Waals surface area contributed by atoms with Gasteiger partial charge in [-0.2, -0.15) is 0 Å². The van der Waals surface area contributed by atoms with Crippen LogP contribution in [-0.2, 0) is 0 Å². The standard InChI is InChI=1S/C11H12O4/c1-5(2)3-4-6-7(12)10-9(14)11(15-10)8(6)13/h3-5,12-14H,1-2H3/b4-3+. The molecule has 2 aliphatic heterocycles. The third kappa shape index (κ3) is 1.29. The van der Waals surface area contributed by atoms with Crippen molar-refractivity contribution in [3.63, 3.8) is 0 Å². The zero-order chi connectivity index (χ0) is 11.2. The minimum absolute atomic E-state index is 0.0335. The lowest BCUT2D eigenvalue weighted by atomic mass is 10.0. The molecule has 0 atom stereocenters. The largest absolute Gasteiger partial charge is 0.504 e. The molecular weight excluding hydrogens is 196 g/mol. The second-order valence-electron chi connectivity index (χ2n) is 3.82. The zero-order valence-corrected chi connectivity index (χ0v) is 8.48. The molecule has 2 bridgehead atoms. The van der Waals surface area contributed by atoms with Crippen molar-refractivity contribution in [3.05, 3.63) is 11.6 Å². The molecule has 3 N–H and O–H groups in total. The molecule has 2 aliphatic rings. The first kappa shape index (κ1) is 9.71. The Kier molecular flexibility index (Phi) is 2.00. The van der Waals surface area contributed by atoms with Gasteiger partial charge in [-0.25, -0.2) is 0 Å². The fourth-order valence-corrected chi connectivity index (χ4v) is 1.38. The van der Waals surface area contributed by atoms with Crippen LogP contribution in [0.5, 0.6) is 28.7 Å². The highest BCUT2D eigenvalue weighted by atomic mass is 16.5. The van der Waals surface area contributed by atoms with E-state index in [0.717, 1.165) is 0 Å². The number of aromatic hydroxyl groups is 3. The maximum absolute atomic E-state index is 9.62. The Bertz CT molecular complexity index is 417. The van der Waals surface area contributed by atoms with Crippen molar-refractivity contribution in [2.45, 2.75) is 13.8 Å². The normalized spacial score (nSPS) is 13.0. The Balaban J connectivity index is 2.48. The Morgan fingerprint density at radius 1 is 1.00 bits per heavy atom. The third-order valence-electron chi connectivity index (χ3n) is 2.22. The number of fused-ring (bicyclic) bond motifs is 2. The summed E-state index contributed by atoms with van der Waals surface area (Å²) in [6, 6.07) is 0. The predicted octanol–water partition coefficient (Wildman–Crippen LogP) is 2.58. The van der Waals surface area contributed by atoms with E-state index in [9.17, 15) is 15.3 Å². The summed E-state index contributed by atoms with van der Waals surface area (Å²) in [6.07, 6.45) is 3.45. The molecule has 1 aromatic rings. The summed E-state index contributed by atoms with van der Waals surface area (Å²) < 4.78 is 4.87. The number of hydrogen-bond acceptors (Lipinski definition) is 4. The molecule has 15 heavy (non-hydrogen) atoms. The number of rotatable bonds is 2. The van der Waals surface area contributed by atoms with Gasteiger partial charge in [0.25, 0.3) is 0 Å². The first-order valence-electron chi connectivity index (χ1n) is 4.69. The molecule has 0 amide bonds. The first-order valence-corrected chi connectivity index (χ1v) is 4.69. The van der Waals surface area contributed by atoms with E-state index in [-0.39, 0.29) is 34.3 Å². The van der Waals surface area contributed by atoms with Gasteiger partial charge in [0.15, 0.2) is 11.5 Å². The molecule has 0 aromatic heterocycles. The summed E-state index contributed by atoms with van der Waals surface area (Å²) in [5.74, 6) is -0.261. The van der Waals surface area contributed by atoms with Gasteiger partial charge in [-0.3, -0.25) is 0 Å². The Labute approximate surface area is 87.1 Å². The Morgan fingerprint density at radius 2 is 1.53 bits per heavy atom. The quantitative estimate of drug-likeness (QED) is 0.709. The van der Waals surface area contributed by atoms with Crippen LogP contribution in [0.1, 0.15) is 19.4 Å². The van der Waals surface area contributed by atoms with Crippen LogP contribution in [0.15, 0.2) is 6.08 Å². The van der Waals surface area contributed by atoms with E-state index < -0.39 is 0 Å². The fourth-order valence-electron chi connectivity index (χ4n) is 1.38. The van der Waals surface area contributed by atoms with Crippen LogP contribution in [0.2, 0.25) is 0 Å². The Hall–Kier alpha value is -1.84. The van der Waals surface area contributed by atoms with Crippen LogP contribution < -0.4 is 4.74 Å². The molecule has 0 fully saturated rings. The molecular formula is C11H12O4. The molecule has 0 saturated heterocycles. The van der Waals surface area contributed by atoms with Crippen LogP contribution in [0.3, 0.4) is 0 Å². The van der Waals surface area contributed by atoms with Crippen molar-refractivity contribution in [1.82, 2.24) is 0 Å². The molecule has 4 heteroatoms. The number of phenolic OH excluding ortho intramolecular Hbond substituents is 3. The topological polar surface area (TPSA) is 69.9 Å². The van der Waals surface area contributed by atoms with Gasteiger partial charge in [0.1, 0.15) is 0 Å². The molecule has 0 unspecified atom stereocenters. The van der Waals surface area contributed by atoms with Gasteiger partial charge in [0.2, 0.25) is 17.2 Å².